The van der Waals surface area contributed by atoms with Gasteiger partial charge in [-0.2, -0.15) is 0 Å². The van der Waals surface area contributed by atoms with E-state index in [0.717, 1.165) is 18.4 Å². The maximum atomic E-state index is 13.3. The number of aryl methyl sites for hydroxylation is 1. The summed E-state index contributed by atoms with van der Waals surface area (Å²) < 4.78 is 13.3. The van der Waals surface area contributed by atoms with Crippen molar-refractivity contribution >= 4 is 5.91 Å². The number of hydrogen-bond acceptors (Lipinski definition) is 2. The Morgan fingerprint density at radius 2 is 2.22 bits per heavy atom. The van der Waals surface area contributed by atoms with Crippen LogP contribution in [0.4, 0.5) is 4.39 Å². The summed E-state index contributed by atoms with van der Waals surface area (Å²) in [7, 11) is 0. The molecule has 0 aliphatic heterocycles. The van der Waals surface area contributed by atoms with Crippen LogP contribution in [0.1, 0.15) is 30.9 Å². The highest BCUT2D eigenvalue weighted by molar-refractivity contribution is 5.81. The van der Waals surface area contributed by atoms with E-state index in [1.165, 1.54) is 6.07 Å². The number of hydrogen-bond donors (Lipinski definition) is 2. The number of carbonyl (C=O) groups excluding carboxylic acids is 1. The fraction of sp³-hybridized carbons (Fsp3) is 0.500. The third-order valence-corrected chi connectivity index (χ3v) is 3.17. The highest BCUT2D eigenvalue weighted by Crippen LogP contribution is 2.18. The highest BCUT2D eigenvalue weighted by atomic mass is 19.1. The van der Waals surface area contributed by atoms with E-state index >= 15 is 0 Å². The Hall–Kier alpha value is -1.42. The quantitative estimate of drug-likeness (QED) is 0.838. The molecule has 1 fully saturated rings. The van der Waals surface area contributed by atoms with E-state index in [0.29, 0.717) is 18.2 Å². The third-order valence-electron chi connectivity index (χ3n) is 3.17. The smallest absolute Gasteiger partial charge is 0.237 e. The van der Waals surface area contributed by atoms with Crippen molar-refractivity contribution in [3.8, 4) is 0 Å². The first-order chi connectivity index (χ1) is 8.56. The summed E-state index contributed by atoms with van der Waals surface area (Å²) in [5.41, 5.74) is 1.49. The molecule has 1 saturated carbocycles. The minimum absolute atomic E-state index is 0.0186. The lowest BCUT2D eigenvalue weighted by Gasteiger charge is -2.14. The molecule has 0 saturated heterocycles. The van der Waals surface area contributed by atoms with Gasteiger partial charge in [0.15, 0.2) is 0 Å². The molecule has 0 bridgehead atoms. The predicted octanol–water partition coefficient (Wildman–Crippen LogP) is 1.89. The van der Waals surface area contributed by atoms with Crippen LogP contribution in [-0.2, 0) is 11.3 Å². The molecule has 0 radical (unpaired) electrons. The van der Waals surface area contributed by atoms with Crippen LogP contribution in [0.25, 0.3) is 0 Å². The summed E-state index contributed by atoms with van der Waals surface area (Å²) in [6.45, 7) is 4.05. The average molecular weight is 250 g/mol. The Morgan fingerprint density at radius 3 is 2.83 bits per heavy atom. The van der Waals surface area contributed by atoms with Crippen molar-refractivity contribution in [2.45, 2.75) is 45.3 Å². The normalized spacial score (nSPS) is 16.4. The van der Waals surface area contributed by atoms with Crippen molar-refractivity contribution in [1.82, 2.24) is 10.6 Å². The van der Waals surface area contributed by atoms with Crippen LogP contribution in [-0.4, -0.2) is 18.0 Å². The second-order valence-electron chi connectivity index (χ2n) is 4.97. The molecule has 0 heterocycles. The number of halogens is 1. The van der Waals surface area contributed by atoms with Crippen LogP contribution in [0, 0.1) is 12.7 Å². The zero-order chi connectivity index (χ0) is 13.1. The molecule has 1 aliphatic carbocycles. The van der Waals surface area contributed by atoms with E-state index in [-0.39, 0.29) is 17.8 Å². The van der Waals surface area contributed by atoms with Gasteiger partial charge < -0.3 is 10.6 Å². The van der Waals surface area contributed by atoms with Gasteiger partial charge in [-0.1, -0.05) is 12.1 Å². The Labute approximate surface area is 107 Å². The Kier molecular flexibility index (Phi) is 3.97. The monoisotopic (exact) mass is 250 g/mol. The van der Waals surface area contributed by atoms with Crippen molar-refractivity contribution in [1.29, 1.82) is 0 Å². The maximum Gasteiger partial charge on any atom is 0.237 e. The van der Waals surface area contributed by atoms with E-state index in [4.69, 9.17) is 0 Å². The zero-order valence-electron chi connectivity index (χ0n) is 10.8. The van der Waals surface area contributed by atoms with Gasteiger partial charge in [-0.15, -0.1) is 0 Å². The minimum Gasteiger partial charge on any atom is -0.352 e. The van der Waals surface area contributed by atoms with Crippen molar-refractivity contribution in [3.05, 3.63) is 35.1 Å². The molecule has 98 valence electrons. The minimum atomic E-state index is -0.255. The number of rotatable bonds is 5. The standard InChI is InChI=1S/C14H19FN2O/c1-9-3-4-11(7-13(9)15)8-16-10(2)14(18)17-12-5-6-12/h3-4,7,10,12,16H,5-6,8H2,1-2H3,(H,17,18). The van der Waals surface area contributed by atoms with E-state index in [1.807, 2.05) is 13.0 Å². The van der Waals surface area contributed by atoms with Gasteiger partial charge in [-0.25, -0.2) is 4.39 Å². The molecule has 1 aliphatic rings. The molecule has 18 heavy (non-hydrogen) atoms. The predicted molar refractivity (Wildman–Crippen MR) is 68.6 cm³/mol. The molecule has 1 amide bonds. The van der Waals surface area contributed by atoms with Crippen LogP contribution in [0.5, 0.6) is 0 Å². The van der Waals surface area contributed by atoms with E-state index in [9.17, 15) is 9.18 Å². The Bertz CT molecular complexity index is 443. The van der Waals surface area contributed by atoms with Crippen LogP contribution < -0.4 is 10.6 Å². The average Bonchev–Trinajstić information content (AvgIpc) is 3.14. The SMILES string of the molecule is Cc1ccc(CNC(C)C(=O)NC2CC2)cc1F. The molecule has 1 aromatic carbocycles. The first-order valence-electron chi connectivity index (χ1n) is 6.35. The van der Waals surface area contributed by atoms with Gasteiger partial charge >= 0.3 is 0 Å². The third kappa shape index (κ3) is 3.53. The first kappa shape index (κ1) is 13.0. The van der Waals surface area contributed by atoms with Crippen LogP contribution in [0.3, 0.4) is 0 Å². The lowest BCUT2D eigenvalue weighted by Crippen LogP contribution is -2.42. The van der Waals surface area contributed by atoms with Crippen molar-refractivity contribution in [2.75, 3.05) is 0 Å². The summed E-state index contributed by atoms with van der Waals surface area (Å²) in [5.74, 6) is -0.186. The maximum absolute atomic E-state index is 13.3. The summed E-state index contributed by atoms with van der Waals surface area (Å²) in [6, 6.07) is 5.25. The molecule has 1 aromatic rings. The van der Waals surface area contributed by atoms with Crippen molar-refractivity contribution in [2.24, 2.45) is 0 Å². The van der Waals surface area contributed by atoms with E-state index < -0.39 is 0 Å². The first-order valence-corrected chi connectivity index (χ1v) is 6.35. The van der Waals surface area contributed by atoms with Gasteiger partial charge in [0, 0.05) is 12.6 Å². The number of amides is 1. The molecule has 2 N–H and O–H groups in total. The molecule has 0 spiro atoms. The van der Waals surface area contributed by atoms with Crippen LogP contribution in [0.15, 0.2) is 18.2 Å². The largest absolute Gasteiger partial charge is 0.352 e. The van der Waals surface area contributed by atoms with E-state index in [2.05, 4.69) is 10.6 Å². The summed E-state index contributed by atoms with van der Waals surface area (Å²) in [6.07, 6.45) is 2.17. The van der Waals surface area contributed by atoms with Crippen LogP contribution in [0.2, 0.25) is 0 Å². The Morgan fingerprint density at radius 1 is 1.50 bits per heavy atom. The number of benzene rings is 1. The lowest BCUT2D eigenvalue weighted by molar-refractivity contribution is -0.122. The molecule has 1 atom stereocenters. The molecule has 3 nitrogen and oxygen atoms in total. The number of carbonyl (C=O) groups is 1. The zero-order valence-corrected chi connectivity index (χ0v) is 10.8. The molecular weight excluding hydrogens is 231 g/mol. The highest BCUT2D eigenvalue weighted by Gasteiger charge is 2.25. The summed E-state index contributed by atoms with van der Waals surface area (Å²) in [5, 5.41) is 6.03. The van der Waals surface area contributed by atoms with Crippen molar-refractivity contribution in [3.63, 3.8) is 0 Å². The van der Waals surface area contributed by atoms with Gasteiger partial charge in [-0.3, -0.25) is 4.79 Å². The number of nitrogens with one attached hydrogen (secondary N) is 2. The molecule has 0 aromatic heterocycles. The topological polar surface area (TPSA) is 41.1 Å². The molecule has 1 unspecified atom stereocenters. The van der Waals surface area contributed by atoms with Crippen molar-refractivity contribution < 1.29 is 9.18 Å². The summed E-state index contributed by atoms with van der Waals surface area (Å²) >= 11 is 0. The fourth-order valence-corrected chi connectivity index (χ4v) is 1.66. The molecular formula is C14H19FN2O. The Balaban J connectivity index is 1.82. The van der Waals surface area contributed by atoms with Gasteiger partial charge in [0.2, 0.25) is 5.91 Å². The lowest BCUT2D eigenvalue weighted by atomic mass is 10.1. The molecule has 4 heteroatoms. The van der Waals surface area contributed by atoms with Gasteiger partial charge in [0.25, 0.3) is 0 Å². The van der Waals surface area contributed by atoms with Gasteiger partial charge in [0.1, 0.15) is 5.82 Å². The van der Waals surface area contributed by atoms with Crippen LogP contribution >= 0.6 is 0 Å². The second kappa shape index (κ2) is 5.48. The van der Waals surface area contributed by atoms with Gasteiger partial charge in [0.05, 0.1) is 6.04 Å². The molecule has 2 rings (SSSR count). The summed E-state index contributed by atoms with van der Waals surface area (Å²) in [4.78, 5) is 11.7. The second-order valence-corrected chi connectivity index (χ2v) is 4.97. The van der Waals surface area contributed by atoms with Gasteiger partial charge in [-0.05, 0) is 43.9 Å². The van der Waals surface area contributed by atoms with E-state index in [1.54, 1.807) is 13.0 Å². The fourth-order valence-electron chi connectivity index (χ4n) is 1.66.